The zero-order valence-electron chi connectivity index (χ0n) is 22.4. The second-order valence-electron chi connectivity index (χ2n) is 10.5. The summed E-state index contributed by atoms with van der Waals surface area (Å²) in [4.78, 5) is 8.72. The van der Waals surface area contributed by atoms with Crippen molar-refractivity contribution in [2.75, 3.05) is 6.54 Å². The molecule has 0 spiro atoms. The van der Waals surface area contributed by atoms with Gasteiger partial charge in [0, 0.05) is 57.8 Å². The summed E-state index contributed by atoms with van der Waals surface area (Å²) in [6, 6.07) is 35.2. The number of allylic oxidation sites excluding steroid dienone is 2. The van der Waals surface area contributed by atoms with E-state index in [0.29, 0.717) is 0 Å². The minimum atomic E-state index is 0.972. The van der Waals surface area contributed by atoms with Gasteiger partial charge in [0.2, 0.25) is 0 Å². The lowest BCUT2D eigenvalue weighted by molar-refractivity contribution is -0.578. The molecule has 1 aliphatic rings. The highest BCUT2D eigenvalue weighted by atomic mass is 15.0. The van der Waals surface area contributed by atoms with Crippen molar-refractivity contribution < 1.29 is 5.32 Å². The topological polar surface area (TPSA) is 47.3 Å². The van der Waals surface area contributed by atoms with Crippen molar-refractivity contribution in [3.8, 4) is 27.9 Å². The van der Waals surface area contributed by atoms with Crippen LogP contribution in [0.15, 0.2) is 140 Å². The first-order chi connectivity index (χ1) is 20.3. The number of aromatic nitrogens is 3. The molecule has 0 atom stereocenters. The van der Waals surface area contributed by atoms with Gasteiger partial charge in [-0.3, -0.25) is 9.97 Å². The summed E-state index contributed by atoms with van der Waals surface area (Å²) in [6.45, 7) is 0.972. The minimum Gasteiger partial charge on any atom is -0.317 e. The lowest BCUT2D eigenvalue weighted by Gasteiger charge is -2.12. The number of hydrogen-bond donors (Lipinski definition) is 1. The van der Waals surface area contributed by atoms with Gasteiger partial charge in [0.1, 0.15) is 0 Å². The number of rotatable bonds is 4. The molecule has 0 amide bonds. The summed E-state index contributed by atoms with van der Waals surface area (Å²) in [7, 11) is 0. The quantitative estimate of drug-likeness (QED) is 0.257. The number of nitrogens with zero attached hydrogens (tertiary/aromatic N) is 3. The van der Waals surface area contributed by atoms with Gasteiger partial charge < -0.3 is 9.88 Å². The molecular weight excluding hydrogens is 500 g/mol. The molecule has 4 aromatic carbocycles. The third-order valence-electron chi connectivity index (χ3n) is 8.06. The molecule has 4 heteroatoms. The van der Waals surface area contributed by atoms with Crippen LogP contribution in [0.25, 0.3) is 66.1 Å². The molecule has 0 bridgehead atoms. The van der Waals surface area contributed by atoms with Gasteiger partial charge in [-0.25, -0.2) is 0 Å². The van der Waals surface area contributed by atoms with Gasteiger partial charge in [0.25, 0.3) is 0 Å². The van der Waals surface area contributed by atoms with Crippen LogP contribution in [0, 0.1) is 0 Å². The first-order valence-corrected chi connectivity index (χ1v) is 14.0. The van der Waals surface area contributed by atoms with Gasteiger partial charge >= 0.3 is 0 Å². The SMILES string of the molecule is C1=CC(c2ccc3c4ccc5cc(-c6cncc(-c7ccncc7)c6)ccc5c4n(-c4ccccc4)c3c2)=CC[NH2+]1. The van der Waals surface area contributed by atoms with Crippen LogP contribution in [-0.4, -0.2) is 21.1 Å². The predicted molar refractivity (Wildman–Crippen MR) is 169 cm³/mol. The smallest absolute Gasteiger partial charge is 0.0993 e. The summed E-state index contributed by atoms with van der Waals surface area (Å²) < 4.78 is 2.43. The average molecular weight is 528 g/mol. The van der Waals surface area contributed by atoms with E-state index in [1.54, 1.807) is 0 Å². The maximum atomic E-state index is 4.56. The fraction of sp³-hybridized carbons (Fsp3) is 0.0270. The molecule has 3 aromatic heterocycles. The lowest BCUT2D eigenvalue weighted by Crippen LogP contribution is -2.78. The Balaban J connectivity index is 1.34. The van der Waals surface area contributed by atoms with Crippen LogP contribution in [0.4, 0.5) is 0 Å². The molecule has 4 nitrogen and oxygen atoms in total. The van der Waals surface area contributed by atoms with E-state index < -0.39 is 0 Å². The molecule has 2 N–H and O–H groups in total. The second kappa shape index (κ2) is 9.70. The summed E-state index contributed by atoms with van der Waals surface area (Å²) in [5.41, 5.74) is 10.6. The van der Waals surface area contributed by atoms with Crippen LogP contribution >= 0.6 is 0 Å². The van der Waals surface area contributed by atoms with Gasteiger partial charge in [-0.1, -0.05) is 54.6 Å². The van der Waals surface area contributed by atoms with E-state index in [9.17, 15) is 0 Å². The van der Waals surface area contributed by atoms with Crippen molar-refractivity contribution >= 4 is 38.2 Å². The van der Waals surface area contributed by atoms with Crippen LogP contribution in [0.3, 0.4) is 0 Å². The third-order valence-corrected chi connectivity index (χ3v) is 8.06. The molecule has 1 aliphatic heterocycles. The highest BCUT2D eigenvalue weighted by Gasteiger charge is 2.17. The molecule has 0 unspecified atom stereocenters. The number of fused-ring (bicyclic) bond motifs is 5. The predicted octanol–water partition coefficient (Wildman–Crippen LogP) is 7.54. The maximum absolute atomic E-state index is 4.56. The van der Waals surface area contributed by atoms with Gasteiger partial charge in [-0.15, -0.1) is 0 Å². The normalized spacial score (nSPS) is 13.2. The standard InChI is InChI=1S/C37H26N4/c1-2-4-32(5-3-1)41-36-22-28(25-12-16-38-17-13-25)7-10-34(36)35-11-8-29-20-27(6-9-33(29)37(35)41)31-21-30(23-40-24-31)26-14-18-39-19-15-26/h1-16,18-24,38H,17H2/p+1. The van der Waals surface area contributed by atoms with E-state index in [0.717, 1.165) is 34.5 Å². The van der Waals surface area contributed by atoms with Crippen molar-refractivity contribution in [2.45, 2.75) is 0 Å². The Morgan fingerprint density at radius 3 is 2.22 bits per heavy atom. The summed E-state index contributed by atoms with van der Waals surface area (Å²) in [6.07, 6.45) is 14.1. The summed E-state index contributed by atoms with van der Waals surface area (Å²) in [5, 5.41) is 7.16. The van der Waals surface area contributed by atoms with Crippen molar-refractivity contribution in [3.05, 3.63) is 146 Å². The van der Waals surface area contributed by atoms with Gasteiger partial charge in [-0.2, -0.15) is 0 Å². The molecule has 7 aromatic rings. The molecule has 41 heavy (non-hydrogen) atoms. The van der Waals surface area contributed by atoms with E-state index in [4.69, 9.17) is 0 Å². The van der Waals surface area contributed by atoms with Crippen molar-refractivity contribution in [1.29, 1.82) is 0 Å². The van der Waals surface area contributed by atoms with Crippen LogP contribution in [-0.2, 0) is 0 Å². The largest absolute Gasteiger partial charge is 0.317 e. The van der Waals surface area contributed by atoms with E-state index in [1.165, 1.54) is 43.7 Å². The molecule has 8 rings (SSSR count). The zero-order chi connectivity index (χ0) is 27.2. The highest BCUT2D eigenvalue weighted by Crippen LogP contribution is 2.39. The van der Waals surface area contributed by atoms with Crippen molar-refractivity contribution in [2.24, 2.45) is 0 Å². The molecule has 0 saturated carbocycles. The maximum Gasteiger partial charge on any atom is 0.0993 e. The number of hydrogen-bond acceptors (Lipinski definition) is 2. The molecule has 0 aliphatic carbocycles. The zero-order valence-corrected chi connectivity index (χ0v) is 22.4. The monoisotopic (exact) mass is 527 g/mol. The summed E-state index contributed by atoms with van der Waals surface area (Å²) >= 11 is 0. The Morgan fingerprint density at radius 1 is 0.610 bits per heavy atom. The average Bonchev–Trinajstić information content (AvgIpc) is 3.40. The highest BCUT2D eigenvalue weighted by molar-refractivity contribution is 6.19. The van der Waals surface area contributed by atoms with Crippen molar-refractivity contribution in [1.82, 2.24) is 14.5 Å². The van der Waals surface area contributed by atoms with Crippen LogP contribution in [0.2, 0.25) is 0 Å². The van der Waals surface area contributed by atoms with Gasteiger partial charge in [-0.05, 0) is 82.3 Å². The number of nitrogens with two attached hydrogens (primary N) is 1. The first-order valence-electron chi connectivity index (χ1n) is 14.0. The van der Waals surface area contributed by atoms with E-state index in [2.05, 4.69) is 123 Å². The van der Waals surface area contributed by atoms with E-state index in [-0.39, 0.29) is 0 Å². The molecule has 0 radical (unpaired) electrons. The Hall–Kier alpha value is -5.32. The third kappa shape index (κ3) is 4.05. The second-order valence-corrected chi connectivity index (χ2v) is 10.5. The van der Waals surface area contributed by atoms with Crippen LogP contribution < -0.4 is 5.32 Å². The Bertz CT molecular complexity index is 2140. The molecular formula is C37H27N4+. The minimum absolute atomic E-state index is 0.972. The summed E-state index contributed by atoms with van der Waals surface area (Å²) in [5.74, 6) is 0. The lowest BCUT2D eigenvalue weighted by atomic mass is 9.98. The van der Waals surface area contributed by atoms with E-state index in [1.807, 2.05) is 36.9 Å². The molecule has 0 saturated heterocycles. The van der Waals surface area contributed by atoms with Gasteiger partial charge in [0.15, 0.2) is 0 Å². The fourth-order valence-corrected chi connectivity index (χ4v) is 6.07. The van der Waals surface area contributed by atoms with E-state index >= 15 is 0 Å². The fourth-order valence-electron chi connectivity index (χ4n) is 6.07. The number of quaternary nitrogens is 1. The van der Waals surface area contributed by atoms with Crippen molar-refractivity contribution in [3.63, 3.8) is 0 Å². The Kier molecular flexibility index (Phi) is 5.57. The molecule has 0 fully saturated rings. The molecule has 4 heterocycles. The number of para-hydroxylation sites is 1. The Labute approximate surface area is 237 Å². The first kappa shape index (κ1) is 23.6. The number of benzene rings is 4. The molecule has 194 valence electrons. The van der Waals surface area contributed by atoms with Gasteiger partial charge in [0.05, 0.1) is 23.8 Å². The van der Waals surface area contributed by atoms with Crippen LogP contribution in [0.5, 0.6) is 0 Å². The Morgan fingerprint density at radius 2 is 1.39 bits per heavy atom. The number of pyridine rings is 2. The van der Waals surface area contributed by atoms with Crippen LogP contribution in [0.1, 0.15) is 5.56 Å².